The number of nitrogens with one attached hydrogen (secondary N) is 1. The molecule has 1 heterocycles. The van der Waals surface area contributed by atoms with Gasteiger partial charge in [-0.05, 0) is 48.0 Å². The third kappa shape index (κ3) is 4.88. The number of ether oxygens (including phenoxy) is 2. The number of hydrogen-bond donors (Lipinski definition) is 1. The Morgan fingerprint density at radius 1 is 0.970 bits per heavy atom. The van der Waals surface area contributed by atoms with Gasteiger partial charge in [-0.3, -0.25) is 14.9 Å². The number of carbonyl (C=O) groups excluding carboxylic acids is 3. The van der Waals surface area contributed by atoms with Gasteiger partial charge in [0.2, 0.25) is 0 Å². The number of nitrogens with zero attached hydrogens (tertiary/aromatic N) is 1. The van der Waals surface area contributed by atoms with Crippen LogP contribution in [0, 0.1) is 0 Å². The molecule has 1 N–H and O–H groups in total. The molecule has 1 fully saturated rings. The van der Waals surface area contributed by atoms with Crippen molar-refractivity contribution in [3.8, 4) is 11.5 Å². The molecule has 3 aromatic rings. The van der Waals surface area contributed by atoms with E-state index >= 15 is 0 Å². The fraction of sp³-hybridized carbons (Fsp3) is 0.0800. The molecule has 4 rings (SSSR count). The van der Waals surface area contributed by atoms with Gasteiger partial charge in [-0.15, -0.1) is 0 Å². The van der Waals surface area contributed by atoms with E-state index < -0.39 is 17.8 Å². The maximum atomic E-state index is 13.1. The first-order valence-electron chi connectivity index (χ1n) is 9.98. The highest BCUT2D eigenvalue weighted by molar-refractivity contribution is 6.39. The number of benzene rings is 3. The van der Waals surface area contributed by atoms with E-state index in [2.05, 4.69) is 5.32 Å². The van der Waals surface area contributed by atoms with E-state index in [1.54, 1.807) is 30.3 Å². The maximum absolute atomic E-state index is 13.1. The minimum absolute atomic E-state index is 0.209. The van der Waals surface area contributed by atoms with Gasteiger partial charge in [-0.25, -0.2) is 9.69 Å². The number of urea groups is 1. The zero-order chi connectivity index (χ0) is 23.4. The Balaban J connectivity index is 1.68. The van der Waals surface area contributed by atoms with Gasteiger partial charge in [0.25, 0.3) is 11.8 Å². The summed E-state index contributed by atoms with van der Waals surface area (Å²) in [6, 6.07) is 19.9. The highest BCUT2D eigenvalue weighted by atomic mass is 35.5. The molecule has 1 aliphatic heterocycles. The smallest absolute Gasteiger partial charge is 0.335 e. The lowest BCUT2D eigenvalue weighted by Crippen LogP contribution is -2.54. The van der Waals surface area contributed by atoms with Crippen LogP contribution >= 0.6 is 11.6 Å². The van der Waals surface area contributed by atoms with Gasteiger partial charge in [0, 0.05) is 16.7 Å². The van der Waals surface area contributed by atoms with Crippen molar-refractivity contribution in [2.45, 2.75) is 6.61 Å². The maximum Gasteiger partial charge on any atom is 0.335 e. The average Bonchev–Trinajstić information content (AvgIpc) is 2.82. The second-order valence-electron chi connectivity index (χ2n) is 7.11. The summed E-state index contributed by atoms with van der Waals surface area (Å²) in [4.78, 5) is 38.9. The summed E-state index contributed by atoms with van der Waals surface area (Å²) < 4.78 is 11.2. The minimum Gasteiger partial charge on any atom is -0.497 e. The Bertz CT molecular complexity index is 1240. The van der Waals surface area contributed by atoms with Crippen molar-refractivity contribution in [2.75, 3.05) is 12.0 Å². The molecule has 8 heteroatoms. The van der Waals surface area contributed by atoms with Crippen LogP contribution in [0.3, 0.4) is 0 Å². The Morgan fingerprint density at radius 2 is 1.70 bits per heavy atom. The van der Waals surface area contributed by atoms with Crippen molar-refractivity contribution in [2.24, 2.45) is 0 Å². The largest absolute Gasteiger partial charge is 0.497 e. The van der Waals surface area contributed by atoms with Gasteiger partial charge >= 0.3 is 6.03 Å². The van der Waals surface area contributed by atoms with Gasteiger partial charge in [-0.2, -0.15) is 0 Å². The molecule has 0 radical (unpaired) electrons. The van der Waals surface area contributed by atoms with Crippen molar-refractivity contribution in [1.82, 2.24) is 5.32 Å². The molecule has 0 saturated carbocycles. The van der Waals surface area contributed by atoms with Crippen LogP contribution in [0.5, 0.6) is 11.5 Å². The molecule has 0 spiro atoms. The number of amides is 4. The summed E-state index contributed by atoms with van der Waals surface area (Å²) >= 11 is 5.90. The van der Waals surface area contributed by atoms with Gasteiger partial charge in [0.1, 0.15) is 23.7 Å². The first-order chi connectivity index (χ1) is 16.0. The summed E-state index contributed by atoms with van der Waals surface area (Å²) in [6.45, 7) is 0.277. The fourth-order valence-electron chi connectivity index (χ4n) is 3.26. The molecule has 1 aliphatic rings. The zero-order valence-corrected chi connectivity index (χ0v) is 18.3. The van der Waals surface area contributed by atoms with Crippen LogP contribution in [-0.4, -0.2) is 25.0 Å². The minimum atomic E-state index is -0.834. The first kappa shape index (κ1) is 22.1. The van der Waals surface area contributed by atoms with E-state index in [-0.39, 0.29) is 17.9 Å². The summed E-state index contributed by atoms with van der Waals surface area (Å²) in [5.41, 5.74) is 1.51. The highest BCUT2D eigenvalue weighted by Gasteiger charge is 2.37. The van der Waals surface area contributed by atoms with Gasteiger partial charge < -0.3 is 9.47 Å². The SMILES string of the molecule is COc1ccc(/C=C2\C(=O)NC(=O)N(c3ccc(Cl)cc3)C2=O)c(OCc2ccccc2)c1. The monoisotopic (exact) mass is 462 g/mol. The van der Waals surface area contributed by atoms with Crippen LogP contribution in [-0.2, 0) is 16.2 Å². The molecule has 0 unspecified atom stereocenters. The predicted molar refractivity (Wildman–Crippen MR) is 124 cm³/mol. The molecule has 0 aliphatic carbocycles. The van der Waals surface area contributed by atoms with E-state index in [1.165, 1.54) is 25.3 Å². The number of carbonyl (C=O) groups is 3. The lowest BCUT2D eigenvalue weighted by Gasteiger charge is -2.26. The van der Waals surface area contributed by atoms with E-state index in [0.717, 1.165) is 10.5 Å². The normalized spacial score (nSPS) is 14.9. The molecule has 7 nitrogen and oxygen atoms in total. The quantitative estimate of drug-likeness (QED) is 0.427. The Hall–Kier alpha value is -4.10. The van der Waals surface area contributed by atoms with Crippen LogP contribution in [0.25, 0.3) is 6.08 Å². The van der Waals surface area contributed by atoms with Crippen LogP contribution in [0.2, 0.25) is 5.02 Å². The van der Waals surface area contributed by atoms with Crippen molar-refractivity contribution in [1.29, 1.82) is 0 Å². The first-order valence-corrected chi connectivity index (χ1v) is 10.4. The average molecular weight is 463 g/mol. The Kier molecular flexibility index (Phi) is 6.42. The predicted octanol–water partition coefficient (Wildman–Crippen LogP) is 4.59. The molecule has 0 aromatic heterocycles. The summed E-state index contributed by atoms with van der Waals surface area (Å²) in [5, 5.41) is 2.66. The van der Waals surface area contributed by atoms with Crippen molar-refractivity contribution < 1.29 is 23.9 Å². The molecule has 3 aromatic carbocycles. The van der Waals surface area contributed by atoms with Crippen molar-refractivity contribution in [3.05, 3.63) is 94.5 Å². The van der Waals surface area contributed by atoms with Crippen LogP contribution in [0.15, 0.2) is 78.4 Å². The molecule has 1 saturated heterocycles. The third-order valence-electron chi connectivity index (χ3n) is 4.94. The Morgan fingerprint density at radius 3 is 2.39 bits per heavy atom. The second kappa shape index (κ2) is 9.58. The van der Waals surface area contributed by atoms with Crippen LogP contribution < -0.4 is 19.7 Å². The van der Waals surface area contributed by atoms with Gasteiger partial charge in [0.15, 0.2) is 0 Å². The fourth-order valence-corrected chi connectivity index (χ4v) is 3.38. The van der Waals surface area contributed by atoms with E-state index in [0.29, 0.717) is 22.1 Å². The number of hydrogen-bond acceptors (Lipinski definition) is 5. The topological polar surface area (TPSA) is 84.9 Å². The molecule has 0 atom stereocenters. The molecule has 33 heavy (non-hydrogen) atoms. The van der Waals surface area contributed by atoms with Crippen molar-refractivity contribution in [3.63, 3.8) is 0 Å². The van der Waals surface area contributed by atoms with Crippen LogP contribution in [0.4, 0.5) is 10.5 Å². The standard InChI is InChI=1S/C25H19ClN2O5/c1-32-20-12-7-17(22(14-20)33-15-16-5-3-2-4-6-16)13-21-23(29)27-25(31)28(24(21)30)19-10-8-18(26)9-11-19/h2-14H,15H2,1H3,(H,27,29,31)/b21-13+. The number of anilines is 1. The number of halogens is 1. The molecular weight excluding hydrogens is 444 g/mol. The highest BCUT2D eigenvalue weighted by Crippen LogP contribution is 2.30. The number of rotatable bonds is 6. The number of methoxy groups -OCH3 is 1. The van der Waals surface area contributed by atoms with Gasteiger partial charge in [0.05, 0.1) is 12.8 Å². The summed E-state index contributed by atoms with van der Waals surface area (Å²) in [6.07, 6.45) is 1.40. The second-order valence-corrected chi connectivity index (χ2v) is 7.55. The molecule has 166 valence electrons. The number of barbiturate groups is 1. The number of imide groups is 2. The van der Waals surface area contributed by atoms with Crippen molar-refractivity contribution >= 4 is 41.2 Å². The van der Waals surface area contributed by atoms with E-state index in [9.17, 15) is 14.4 Å². The van der Waals surface area contributed by atoms with Gasteiger partial charge in [-0.1, -0.05) is 41.9 Å². The summed E-state index contributed by atoms with van der Waals surface area (Å²) in [5.74, 6) is -0.574. The Labute approximate surface area is 195 Å². The molecule has 4 amide bonds. The zero-order valence-electron chi connectivity index (χ0n) is 17.6. The van der Waals surface area contributed by atoms with Crippen LogP contribution in [0.1, 0.15) is 11.1 Å². The lowest BCUT2D eigenvalue weighted by atomic mass is 10.1. The third-order valence-corrected chi connectivity index (χ3v) is 5.20. The molecular formula is C25H19ClN2O5. The molecule has 0 bridgehead atoms. The van der Waals surface area contributed by atoms with E-state index in [4.69, 9.17) is 21.1 Å². The summed E-state index contributed by atoms with van der Waals surface area (Å²) in [7, 11) is 1.53. The lowest BCUT2D eigenvalue weighted by molar-refractivity contribution is -0.122. The van der Waals surface area contributed by atoms with E-state index in [1.807, 2.05) is 30.3 Å².